The Balaban J connectivity index is 1.37. The molecule has 2 nitrogen and oxygen atoms in total. The third-order valence-electron chi connectivity index (χ3n) is 6.63. The van der Waals surface area contributed by atoms with Gasteiger partial charge in [0, 0.05) is 23.6 Å². The van der Waals surface area contributed by atoms with Gasteiger partial charge >= 0.3 is 0 Å². The van der Waals surface area contributed by atoms with E-state index in [9.17, 15) is 0 Å². The molecule has 1 fully saturated rings. The summed E-state index contributed by atoms with van der Waals surface area (Å²) in [6, 6.07) is 19.6. The summed E-state index contributed by atoms with van der Waals surface area (Å²) in [6.07, 6.45) is 16.6. The second-order valence-electron chi connectivity index (χ2n) is 8.65. The Hall–Kier alpha value is -2.35. The highest BCUT2D eigenvalue weighted by Crippen LogP contribution is 2.38. The summed E-state index contributed by atoms with van der Waals surface area (Å²) in [4.78, 5) is 4.58. The smallest absolute Gasteiger partial charge is 0.144 e. The molecule has 0 spiro atoms. The summed E-state index contributed by atoms with van der Waals surface area (Å²) in [5.74, 6) is 2.72. The van der Waals surface area contributed by atoms with E-state index >= 15 is 0 Å². The molecule has 0 atom stereocenters. The number of aromatic nitrogens is 2. The quantitative estimate of drug-likeness (QED) is 0.361. The highest BCUT2D eigenvalue weighted by atomic mass is 15.1. The van der Waals surface area contributed by atoms with Gasteiger partial charge in [-0.05, 0) is 55.2 Å². The van der Waals surface area contributed by atoms with Gasteiger partial charge in [0.1, 0.15) is 5.82 Å². The highest BCUT2D eigenvalue weighted by molar-refractivity contribution is 5.58. The first kappa shape index (κ1) is 19.9. The van der Waals surface area contributed by atoms with Crippen LogP contribution in [0.3, 0.4) is 0 Å². The number of imidazole rings is 1. The van der Waals surface area contributed by atoms with Crippen LogP contribution in [0.2, 0.25) is 0 Å². The van der Waals surface area contributed by atoms with Gasteiger partial charge in [0.25, 0.3) is 0 Å². The summed E-state index contributed by atoms with van der Waals surface area (Å²) in [6.45, 7) is 2.30. The number of rotatable bonds is 8. The van der Waals surface area contributed by atoms with Crippen LogP contribution in [-0.4, -0.2) is 9.55 Å². The first-order chi connectivity index (χ1) is 14.3. The molecular weight excluding hydrogens is 352 g/mol. The van der Waals surface area contributed by atoms with E-state index in [1.165, 1.54) is 69.0 Å². The molecule has 2 aromatic carbocycles. The number of unbranched alkanes of at least 4 members (excludes halogenated alkanes) is 3. The van der Waals surface area contributed by atoms with Crippen molar-refractivity contribution in [2.75, 3.05) is 0 Å². The lowest BCUT2D eigenvalue weighted by Crippen LogP contribution is -2.13. The maximum absolute atomic E-state index is 4.58. The normalized spacial score (nSPS) is 19.3. The lowest BCUT2D eigenvalue weighted by atomic mass is 9.77. The van der Waals surface area contributed by atoms with Crippen LogP contribution in [0.25, 0.3) is 17.1 Å². The van der Waals surface area contributed by atoms with E-state index in [-0.39, 0.29) is 0 Å². The topological polar surface area (TPSA) is 17.8 Å². The molecule has 0 saturated heterocycles. The van der Waals surface area contributed by atoms with Gasteiger partial charge in [-0.2, -0.15) is 0 Å². The molecule has 1 aliphatic rings. The third kappa shape index (κ3) is 4.98. The molecule has 0 unspecified atom stereocenters. The Bertz CT molecular complexity index is 855. The maximum atomic E-state index is 4.58. The number of benzene rings is 2. The van der Waals surface area contributed by atoms with Crippen LogP contribution in [0.4, 0.5) is 0 Å². The Labute approximate surface area is 176 Å². The SMILES string of the molecule is CCCCCCC1CCC(c2ccc(-n3ccnc3-c3ccccc3)cc2)CC1. The third-order valence-corrected chi connectivity index (χ3v) is 6.63. The van der Waals surface area contributed by atoms with Crippen LogP contribution < -0.4 is 0 Å². The predicted octanol–water partition coefficient (Wildman–Crippen LogP) is 7.78. The van der Waals surface area contributed by atoms with Gasteiger partial charge in [-0.3, -0.25) is 4.57 Å². The van der Waals surface area contributed by atoms with E-state index in [4.69, 9.17) is 0 Å². The molecule has 2 heteroatoms. The summed E-state index contributed by atoms with van der Waals surface area (Å²) in [5, 5.41) is 0. The van der Waals surface area contributed by atoms with Crippen molar-refractivity contribution in [2.24, 2.45) is 5.92 Å². The molecule has 0 radical (unpaired) electrons. The van der Waals surface area contributed by atoms with Gasteiger partial charge in [-0.15, -0.1) is 0 Å². The van der Waals surface area contributed by atoms with Crippen molar-refractivity contribution in [1.82, 2.24) is 9.55 Å². The van der Waals surface area contributed by atoms with Crippen molar-refractivity contribution < 1.29 is 0 Å². The second-order valence-corrected chi connectivity index (χ2v) is 8.65. The number of hydrogen-bond donors (Lipinski definition) is 0. The van der Waals surface area contributed by atoms with E-state index in [1.54, 1.807) is 0 Å². The van der Waals surface area contributed by atoms with Crippen LogP contribution in [0.5, 0.6) is 0 Å². The molecule has 1 aromatic heterocycles. The van der Waals surface area contributed by atoms with Crippen LogP contribution in [-0.2, 0) is 0 Å². The zero-order valence-corrected chi connectivity index (χ0v) is 17.8. The monoisotopic (exact) mass is 386 g/mol. The molecule has 1 saturated carbocycles. The molecule has 0 aliphatic heterocycles. The van der Waals surface area contributed by atoms with Crippen LogP contribution in [0.1, 0.15) is 76.2 Å². The predicted molar refractivity (Wildman–Crippen MR) is 122 cm³/mol. The fraction of sp³-hybridized carbons (Fsp3) is 0.444. The van der Waals surface area contributed by atoms with Crippen molar-refractivity contribution in [3.05, 3.63) is 72.6 Å². The minimum Gasteiger partial charge on any atom is -0.300 e. The molecule has 4 rings (SSSR count). The molecule has 29 heavy (non-hydrogen) atoms. The zero-order chi connectivity index (χ0) is 19.9. The Morgan fingerprint density at radius 2 is 1.62 bits per heavy atom. The molecule has 1 heterocycles. The second kappa shape index (κ2) is 9.91. The van der Waals surface area contributed by atoms with Crippen molar-refractivity contribution in [3.8, 4) is 17.1 Å². The van der Waals surface area contributed by atoms with E-state index in [2.05, 4.69) is 71.2 Å². The Morgan fingerprint density at radius 1 is 0.862 bits per heavy atom. The van der Waals surface area contributed by atoms with Crippen molar-refractivity contribution in [1.29, 1.82) is 0 Å². The van der Waals surface area contributed by atoms with E-state index in [1.807, 2.05) is 12.3 Å². The lowest BCUT2D eigenvalue weighted by molar-refractivity contribution is 0.302. The van der Waals surface area contributed by atoms with E-state index in [0.717, 1.165) is 23.2 Å². The summed E-state index contributed by atoms with van der Waals surface area (Å²) >= 11 is 0. The first-order valence-electron chi connectivity index (χ1n) is 11.5. The van der Waals surface area contributed by atoms with E-state index in [0.29, 0.717) is 0 Å². The van der Waals surface area contributed by atoms with Crippen LogP contribution >= 0.6 is 0 Å². The van der Waals surface area contributed by atoms with Crippen LogP contribution in [0.15, 0.2) is 67.0 Å². The van der Waals surface area contributed by atoms with E-state index < -0.39 is 0 Å². The first-order valence-corrected chi connectivity index (χ1v) is 11.5. The fourth-order valence-electron chi connectivity index (χ4n) is 4.86. The minimum absolute atomic E-state index is 0.743. The van der Waals surface area contributed by atoms with Gasteiger partial charge in [0.05, 0.1) is 0 Å². The summed E-state index contributed by atoms with van der Waals surface area (Å²) in [5.41, 5.74) is 3.85. The average molecular weight is 387 g/mol. The maximum Gasteiger partial charge on any atom is 0.144 e. The largest absolute Gasteiger partial charge is 0.300 e. The fourth-order valence-corrected chi connectivity index (χ4v) is 4.86. The molecular formula is C27H34N2. The molecule has 1 aliphatic carbocycles. The van der Waals surface area contributed by atoms with Crippen molar-refractivity contribution >= 4 is 0 Å². The molecule has 0 bridgehead atoms. The molecule has 0 amide bonds. The highest BCUT2D eigenvalue weighted by Gasteiger charge is 2.22. The number of nitrogens with zero attached hydrogens (tertiary/aromatic N) is 2. The van der Waals surface area contributed by atoms with Crippen molar-refractivity contribution in [3.63, 3.8) is 0 Å². The molecule has 0 N–H and O–H groups in total. The van der Waals surface area contributed by atoms with Gasteiger partial charge in [-0.25, -0.2) is 4.98 Å². The standard InChI is InChI=1S/C27H34N2/c1-2-3-4-6-9-22-12-14-23(15-13-22)24-16-18-26(19-17-24)29-21-20-28-27(29)25-10-7-5-8-11-25/h5,7-8,10-11,16-23H,2-4,6,9,12-15H2,1H3. The zero-order valence-electron chi connectivity index (χ0n) is 17.8. The van der Waals surface area contributed by atoms with Gasteiger partial charge in [0.2, 0.25) is 0 Å². The van der Waals surface area contributed by atoms with Gasteiger partial charge in [0.15, 0.2) is 0 Å². The average Bonchev–Trinajstić information content (AvgIpc) is 3.28. The van der Waals surface area contributed by atoms with Crippen molar-refractivity contribution in [2.45, 2.75) is 70.6 Å². The van der Waals surface area contributed by atoms with Crippen LogP contribution in [0, 0.1) is 5.92 Å². The van der Waals surface area contributed by atoms with Gasteiger partial charge in [-0.1, -0.05) is 81.5 Å². The number of hydrogen-bond acceptors (Lipinski definition) is 1. The minimum atomic E-state index is 0.743. The van der Waals surface area contributed by atoms with Gasteiger partial charge < -0.3 is 0 Å². The summed E-state index contributed by atoms with van der Waals surface area (Å²) < 4.78 is 2.19. The molecule has 152 valence electrons. The Morgan fingerprint density at radius 3 is 2.34 bits per heavy atom. The Kier molecular flexibility index (Phi) is 6.82. The lowest BCUT2D eigenvalue weighted by Gasteiger charge is -2.29. The summed E-state index contributed by atoms with van der Waals surface area (Å²) in [7, 11) is 0. The molecule has 3 aromatic rings.